The highest BCUT2D eigenvalue weighted by Crippen LogP contribution is 2.33. The first-order valence-corrected chi connectivity index (χ1v) is 15.5. The van der Waals surface area contributed by atoms with Gasteiger partial charge >= 0.3 is 0 Å². The Balaban J connectivity index is 1.30. The molecule has 0 unspecified atom stereocenters. The van der Waals surface area contributed by atoms with Gasteiger partial charge in [0.1, 0.15) is 27.7 Å². The van der Waals surface area contributed by atoms with Crippen molar-refractivity contribution in [1.29, 1.82) is 0 Å². The molecule has 41 heavy (non-hydrogen) atoms. The van der Waals surface area contributed by atoms with Crippen molar-refractivity contribution < 1.29 is 13.2 Å². The molecule has 2 aromatic heterocycles. The first kappa shape index (κ1) is 28.3. The molecule has 0 amide bonds. The van der Waals surface area contributed by atoms with Crippen LogP contribution in [0.3, 0.4) is 0 Å². The number of fused-ring (bicyclic) bond motifs is 2. The van der Waals surface area contributed by atoms with Gasteiger partial charge in [0, 0.05) is 41.9 Å². The number of benzene rings is 3. The van der Waals surface area contributed by atoms with Crippen molar-refractivity contribution in [2.45, 2.75) is 13.0 Å². The zero-order valence-corrected chi connectivity index (χ0v) is 24.4. The molecule has 0 atom stereocenters. The molecular formula is C30H35N7O3S. The van der Waals surface area contributed by atoms with Crippen molar-refractivity contribution in [3.8, 4) is 5.75 Å². The quantitative estimate of drug-likeness (QED) is 0.196. The monoisotopic (exact) mass is 573 g/mol. The average Bonchev–Trinajstić information content (AvgIpc) is 3.36. The predicted molar refractivity (Wildman–Crippen MR) is 165 cm³/mol. The van der Waals surface area contributed by atoms with Gasteiger partial charge in [0.25, 0.3) is 0 Å². The summed E-state index contributed by atoms with van der Waals surface area (Å²) in [6, 6.07) is 20.4. The van der Waals surface area contributed by atoms with Crippen LogP contribution in [-0.2, 0) is 16.4 Å². The van der Waals surface area contributed by atoms with Gasteiger partial charge < -0.3 is 20.3 Å². The normalized spacial score (nSPS) is 11.8. The number of hydrogen-bond donors (Lipinski definition) is 2. The number of anilines is 3. The summed E-state index contributed by atoms with van der Waals surface area (Å²) in [5.41, 5.74) is 4.77. The molecule has 5 rings (SSSR count). The van der Waals surface area contributed by atoms with Crippen LogP contribution in [0.1, 0.15) is 12.0 Å². The van der Waals surface area contributed by atoms with E-state index in [9.17, 15) is 8.42 Å². The van der Waals surface area contributed by atoms with Crippen LogP contribution in [0.5, 0.6) is 5.75 Å². The van der Waals surface area contributed by atoms with Crippen LogP contribution in [0.4, 0.5) is 17.2 Å². The molecule has 0 fully saturated rings. The van der Waals surface area contributed by atoms with Gasteiger partial charge in [0.15, 0.2) is 0 Å². The van der Waals surface area contributed by atoms with Gasteiger partial charge in [0.2, 0.25) is 0 Å². The second-order valence-electron chi connectivity index (χ2n) is 10.2. The van der Waals surface area contributed by atoms with Crippen LogP contribution in [0, 0.1) is 0 Å². The summed E-state index contributed by atoms with van der Waals surface area (Å²) in [7, 11) is 0.604. The Morgan fingerprint density at radius 3 is 2.63 bits per heavy atom. The Morgan fingerprint density at radius 2 is 1.85 bits per heavy atom. The minimum absolute atomic E-state index is 0.161. The Morgan fingerprint density at radius 1 is 1.02 bits per heavy atom. The third-order valence-corrected chi connectivity index (χ3v) is 7.84. The average molecular weight is 574 g/mol. The van der Waals surface area contributed by atoms with Crippen molar-refractivity contribution in [2.24, 2.45) is 0 Å². The van der Waals surface area contributed by atoms with Crippen LogP contribution < -0.4 is 15.4 Å². The molecule has 11 heteroatoms. The first-order valence-electron chi connectivity index (χ1n) is 13.5. The summed E-state index contributed by atoms with van der Waals surface area (Å²) in [5, 5.41) is 13.4. The second-order valence-corrected chi connectivity index (χ2v) is 12.5. The minimum Gasteiger partial charge on any atom is -0.495 e. The fourth-order valence-electron chi connectivity index (χ4n) is 4.68. The summed E-state index contributed by atoms with van der Waals surface area (Å²) < 4.78 is 30.5. The molecule has 0 aliphatic rings. The molecule has 0 aliphatic carbocycles. The number of nitrogens with zero attached hydrogens (tertiary/aromatic N) is 5. The van der Waals surface area contributed by atoms with Gasteiger partial charge in [-0.3, -0.25) is 4.68 Å². The van der Waals surface area contributed by atoms with E-state index in [-0.39, 0.29) is 5.75 Å². The lowest BCUT2D eigenvalue weighted by Crippen LogP contribution is -2.27. The third kappa shape index (κ3) is 7.30. The van der Waals surface area contributed by atoms with Crippen LogP contribution in [-0.4, -0.2) is 78.9 Å². The number of aromatic nitrogens is 4. The van der Waals surface area contributed by atoms with Gasteiger partial charge in [-0.25, -0.2) is 18.4 Å². The standard InChI is InChI=1S/C30H35N7O3S/c1-36(14-15-41(3,38)39)13-7-12-31-27-17-25-26(18-29(27)40-2)32-21-33-30(25)35-24-10-11-28-23(16-24)19-34-37(28)20-22-8-5-4-6-9-22/h4-6,8-11,16-19,21,31H,7,12-15,20H2,1-3H3,(H,32,33,35). The molecule has 3 aromatic carbocycles. The highest BCUT2D eigenvalue weighted by Gasteiger charge is 2.12. The summed E-state index contributed by atoms with van der Waals surface area (Å²) in [5.74, 6) is 1.55. The Bertz CT molecular complexity index is 1740. The van der Waals surface area contributed by atoms with Gasteiger partial charge in [-0.15, -0.1) is 0 Å². The van der Waals surface area contributed by atoms with E-state index in [1.54, 1.807) is 13.4 Å². The van der Waals surface area contributed by atoms with Crippen LogP contribution in [0.25, 0.3) is 21.8 Å². The van der Waals surface area contributed by atoms with E-state index < -0.39 is 9.84 Å². The van der Waals surface area contributed by atoms with Gasteiger partial charge in [-0.2, -0.15) is 5.10 Å². The zero-order valence-electron chi connectivity index (χ0n) is 23.5. The topological polar surface area (TPSA) is 114 Å². The number of ether oxygens (including phenoxy) is 1. The number of sulfone groups is 1. The summed E-state index contributed by atoms with van der Waals surface area (Å²) in [4.78, 5) is 11.0. The van der Waals surface area contributed by atoms with Crippen LogP contribution in [0.15, 0.2) is 73.2 Å². The van der Waals surface area contributed by atoms with Crippen molar-refractivity contribution in [1.82, 2.24) is 24.6 Å². The SMILES string of the molecule is COc1cc2ncnc(Nc3ccc4c(cnn4Cc4ccccc4)c3)c2cc1NCCCN(C)CCS(C)(=O)=O. The molecule has 0 spiro atoms. The predicted octanol–water partition coefficient (Wildman–Crippen LogP) is 4.56. The van der Waals surface area contributed by atoms with Gasteiger partial charge in [0.05, 0.1) is 42.3 Å². The highest BCUT2D eigenvalue weighted by molar-refractivity contribution is 7.90. The van der Waals surface area contributed by atoms with Crippen molar-refractivity contribution in [3.63, 3.8) is 0 Å². The van der Waals surface area contributed by atoms with Crippen LogP contribution in [0.2, 0.25) is 0 Å². The zero-order chi connectivity index (χ0) is 28.8. The van der Waals surface area contributed by atoms with E-state index in [0.717, 1.165) is 46.1 Å². The first-order chi connectivity index (χ1) is 19.8. The highest BCUT2D eigenvalue weighted by atomic mass is 32.2. The Hall–Kier alpha value is -4.22. The lowest BCUT2D eigenvalue weighted by molar-refractivity contribution is 0.351. The van der Waals surface area contributed by atoms with Crippen molar-refractivity contribution >= 4 is 48.8 Å². The van der Waals surface area contributed by atoms with E-state index in [2.05, 4.69) is 50.0 Å². The molecule has 0 aliphatic heterocycles. The smallest absolute Gasteiger partial charge is 0.148 e. The molecule has 0 saturated heterocycles. The second kappa shape index (κ2) is 12.5. The maximum atomic E-state index is 11.4. The fraction of sp³-hybridized carbons (Fsp3) is 0.300. The Labute approximate surface area is 240 Å². The molecule has 2 N–H and O–H groups in total. The molecule has 5 aromatic rings. The van der Waals surface area contributed by atoms with E-state index in [4.69, 9.17) is 4.74 Å². The molecule has 0 bridgehead atoms. The van der Waals surface area contributed by atoms with E-state index in [0.29, 0.717) is 31.2 Å². The number of methoxy groups -OCH3 is 1. The van der Waals surface area contributed by atoms with Crippen molar-refractivity contribution in [3.05, 3.63) is 78.8 Å². The maximum absolute atomic E-state index is 11.4. The lowest BCUT2D eigenvalue weighted by Gasteiger charge is -2.17. The van der Waals surface area contributed by atoms with Crippen molar-refractivity contribution in [2.75, 3.05) is 56.4 Å². The fourth-order valence-corrected chi connectivity index (χ4v) is 5.32. The maximum Gasteiger partial charge on any atom is 0.148 e. The number of nitrogens with one attached hydrogen (secondary N) is 2. The van der Waals surface area contributed by atoms with E-state index in [1.165, 1.54) is 11.8 Å². The molecule has 214 valence electrons. The third-order valence-electron chi connectivity index (χ3n) is 6.91. The van der Waals surface area contributed by atoms with Gasteiger partial charge in [-0.05, 0) is 49.8 Å². The molecule has 0 saturated carbocycles. The molecular weight excluding hydrogens is 538 g/mol. The minimum atomic E-state index is -2.97. The summed E-state index contributed by atoms with van der Waals surface area (Å²) in [6.45, 7) is 2.70. The summed E-state index contributed by atoms with van der Waals surface area (Å²) >= 11 is 0. The largest absolute Gasteiger partial charge is 0.495 e. The molecule has 0 radical (unpaired) electrons. The lowest BCUT2D eigenvalue weighted by atomic mass is 10.1. The molecule has 2 heterocycles. The Kier molecular flexibility index (Phi) is 8.65. The molecule has 10 nitrogen and oxygen atoms in total. The number of hydrogen-bond acceptors (Lipinski definition) is 9. The number of rotatable bonds is 13. The summed E-state index contributed by atoms with van der Waals surface area (Å²) in [6.07, 6.45) is 5.53. The van der Waals surface area contributed by atoms with Crippen LogP contribution >= 0.6 is 0 Å². The van der Waals surface area contributed by atoms with E-state index in [1.807, 2.05) is 59.2 Å². The van der Waals surface area contributed by atoms with E-state index >= 15 is 0 Å². The van der Waals surface area contributed by atoms with Gasteiger partial charge in [-0.1, -0.05) is 30.3 Å².